The Balaban J connectivity index is 4.51. The smallest absolute Gasteiger partial charge is 0.176 e. The molecule has 4 nitrogen and oxygen atoms in total. The zero-order chi connectivity index (χ0) is 11.6. The molecule has 0 saturated carbocycles. The molecule has 86 valence electrons. The van der Waals surface area contributed by atoms with Crippen molar-refractivity contribution >= 4 is 10.4 Å². The molecule has 0 aromatic rings. The topological polar surface area (TPSA) is 52.6 Å². The second-order valence-corrected chi connectivity index (χ2v) is 3.09. The number of halogens is 6. The van der Waals surface area contributed by atoms with Gasteiger partial charge in [-0.2, -0.15) is 34.6 Å². The highest BCUT2D eigenvalue weighted by atomic mass is 32.3. The summed E-state index contributed by atoms with van der Waals surface area (Å²) in [5, 5.41) is 0. The van der Waals surface area contributed by atoms with Gasteiger partial charge in [0.05, 0.1) is 0 Å². The monoisotopic (exact) mass is 248 g/mol. The van der Waals surface area contributed by atoms with Gasteiger partial charge in [0.1, 0.15) is 6.42 Å². The SMILES string of the molecule is O=S(=O)(OF)OC(F)(F)CC(F)(F)F. The zero-order valence-corrected chi connectivity index (χ0v) is 6.83. The molecule has 0 fully saturated rings. The van der Waals surface area contributed by atoms with Gasteiger partial charge in [-0.25, -0.2) is 0 Å². The second-order valence-electron chi connectivity index (χ2n) is 1.98. The fourth-order valence-corrected chi connectivity index (χ4v) is 0.808. The van der Waals surface area contributed by atoms with Crippen LogP contribution in [-0.4, -0.2) is 20.7 Å². The Kier molecular flexibility index (Phi) is 3.75. The molecule has 0 aromatic heterocycles. The van der Waals surface area contributed by atoms with Crippen molar-refractivity contribution < 1.29 is 43.5 Å². The van der Waals surface area contributed by atoms with Crippen molar-refractivity contribution in [3.8, 4) is 0 Å². The summed E-state index contributed by atoms with van der Waals surface area (Å²) in [5.74, 6) is 0. The predicted octanol–water partition coefficient (Wildman–Crippen LogP) is 1.69. The third kappa shape index (κ3) is 5.99. The van der Waals surface area contributed by atoms with E-state index in [1.54, 1.807) is 0 Å². The van der Waals surface area contributed by atoms with Crippen LogP contribution in [0, 0.1) is 0 Å². The van der Waals surface area contributed by atoms with Crippen LogP contribution in [0.5, 0.6) is 0 Å². The molecule has 14 heavy (non-hydrogen) atoms. The molecule has 0 unspecified atom stereocenters. The minimum Gasteiger partial charge on any atom is -0.176 e. The van der Waals surface area contributed by atoms with Gasteiger partial charge in [-0.05, 0) is 8.91 Å². The Morgan fingerprint density at radius 2 is 1.50 bits per heavy atom. The summed E-state index contributed by atoms with van der Waals surface area (Å²) in [6.07, 6.45) is -13.3. The molecular formula is C3H2F6O4S. The van der Waals surface area contributed by atoms with Gasteiger partial charge >= 0.3 is 22.7 Å². The van der Waals surface area contributed by atoms with Gasteiger partial charge in [0, 0.05) is 0 Å². The van der Waals surface area contributed by atoms with Gasteiger partial charge in [0.25, 0.3) is 0 Å². The van der Waals surface area contributed by atoms with E-state index in [9.17, 15) is 34.9 Å². The van der Waals surface area contributed by atoms with Gasteiger partial charge in [-0.1, -0.05) is 0 Å². The van der Waals surface area contributed by atoms with E-state index in [0.717, 1.165) is 0 Å². The first-order valence-corrected chi connectivity index (χ1v) is 4.01. The largest absolute Gasteiger partial charge is 0.435 e. The van der Waals surface area contributed by atoms with Gasteiger partial charge in [0.15, 0.2) is 0 Å². The minimum atomic E-state index is -5.77. The van der Waals surface area contributed by atoms with E-state index < -0.39 is 29.1 Å². The summed E-state index contributed by atoms with van der Waals surface area (Å²) in [5.41, 5.74) is 0. The molecule has 0 bridgehead atoms. The average molecular weight is 248 g/mol. The number of hydrogen-bond donors (Lipinski definition) is 0. The van der Waals surface area contributed by atoms with E-state index in [1.807, 2.05) is 4.39 Å². The molecule has 0 radical (unpaired) electrons. The molecule has 11 heteroatoms. The third-order valence-corrected chi connectivity index (χ3v) is 1.31. The Morgan fingerprint density at radius 1 is 1.07 bits per heavy atom. The molecule has 0 aliphatic carbocycles. The average Bonchev–Trinajstić information content (AvgIpc) is 1.78. The fraction of sp³-hybridized carbons (Fsp3) is 1.00. The summed E-state index contributed by atoms with van der Waals surface area (Å²) in [4.78, 5) is 0. The van der Waals surface area contributed by atoms with E-state index in [4.69, 9.17) is 0 Å². The van der Waals surface area contributed by atoms with Crippen LogP contribution >= 0.6 is 0 Å². The maximum absolute atomic E-state index is 12.0. The van der Waals surface area contributed by atoms with E-state index in [0.29, 0.717) is 0 Å². The summed E-state index contributed by atoms with van der Waals surface area (Å²) < 4.78 is 93.0. The lowest BCUT2D eigenvalue weighted by atomic mass is 10.4. The van der Waals surface area contributed by atoms with Crippen LogP contribution in [0.1, 0.15) is 6.42 Å². The molecule has 0 spiro atoms. The molecule has 0 heterocycles. The fourth-order valence-electron chi connectivity index (χ4n) is 0.425. The highest BCUT2D eigenvalue weighted by Crippen LogP contribution is 2.33. The van der Waals surface area contributed by atoms with Crippen LogP contribution in [-0.2, 0) is 19.0 Å². The molecule has 0 saturated heterocycles. The van der Waals surface area contributed by atoms with Crippen molar-refractivity contribution in [3.05, 3.63) is 0 Å². The molecule has 0 aromatic carbocycles. The van der Waals surface area contributed by atoms with E-state index in [2.05, 4.69) is 4.18 Å². The van der Waals surface area contributed by atoms with Crippen molar-refractivity contribution in [2.45, 2.75) is 18.7 Å². The summed E-state index contributed by atoms with van der Waals surface area (Å²) >= 11 is 0. The van der Waals surface area contributed by atoms with Gasteiger partial charge in [-0.15, -0.1) is 0 Å². The van der Waals surface area contributed by atoms with Crippen LogP contribution in [0.3, 0.4) is 0 Å². The standard InChI is InChI=1S/C3H2F6O4S/c4-2(5,6)1-3(7,8)12-14(10,11)13-9/h1H2. The van der Waals surface area contributed by atoms with Crippen molar-refractivity contribution in [2.24, 2.45) is 0 Å². The molecule has 0 aliphatic heterocycles. The van der Waals surface area contributed by atoms with Gasteiger partial charge in [-0.3, -0.25) is 0 Å². The van der Waals surface area contributed by atoms with Crippen LogP contribution in [0.2, 0.25) is 0 Å². The lowest BCUT2D eigenvalue weighted by Gasteiger charge is -2.15. The Morgan fingerprint density at radius 3 is 1.79 bits per heavy atom. The number of alkyl halides is 5. The van der Waals surface area contributed by atoms with Crippen molar-refractivity contribution in [1.29, 1.82) is 0 Å². The molecule has 0 N–H and O–H groups in total. The van der Waals surface area contributed by atoms with E-state index in [1.165, 1.54) is 0 Å². The van der Waals surface area contributed by atoms with Gasteiger partial charge in [0.2, 0.25) is 0 Å². The second kappa shape index (κ2) is 3.90. The highest BCUT2D eigenvalue weighted by molar-refractivity contribution is 7.81. The summed E-state index contributed by atoms with van der Waals surface area (Å²) in [6, 6.07) is 0. The molecule has 0 rings (SSSR count). The first-order valence-electron chi connectivity index (χ1n) is 2.68. The van der Waals surface area contributed by atoms with Crippen LogP contribution in [0.4, 0.5) is 26.5 Å². The molecular weight excluding hydrogens is 246 g/mol. The minimum absolute atomic E-state index is 1.89. The van der Waals surface area contributed by atoms with Gasteiger partial charge < -0.3 is 0 Å². The van der Waals surface area contributed by atoms with E-state index >= 15 is 0 Å². The first kappa shape index (κ1) is 13.4. The Labute approximate surface area is 73.6 Å². The molecule has 0 amide bonds. The van der Waals surface area contributed by atoms with Crippen LogP contribution < -0.4 is 0 Å². The lowest BCUT2D eigenvalue weighted by Crippen LogP contribution is -2.31. The maximum Gasteiger partial charge on any atom is 0.435 e. The molecule has 0 aliphatic rings. The maximum atomic E-state index is 12.0. The Hall–Kier alpha value is -0.550. The van der Waals surface area contributed by atoms with Crippen molar-refractivity contribution in [1.82, 2.24) is 0 Å². The molecule has 0 atom stereocenters. The lowest BCUT2D eigenvalue weighted by molar-refractivity contribution is -0.258. The van der Waals surface area contributed by atoms with Crippen molar-refractivity contribution in [2.75, 3.05) is 0 Å². The Bertz CT molecular complexity index is 280. The number of hydrogen-bond acceptors (Lipinski definition) is 4. The normalized spacial score (nSPS) is 14.4. The van der Waals surface area contributed by atoms with E-state index in [-0.39, 0.29) is 0 Å². The quantitative estimate of drug-likeness (QED) is 0.710. The first-order chi connectivity index (χ1) is 5.97. The third-order valence-electron chi connectivity index (χ3n) is 0.707. The number of rotatable bonds is 4. The summed E-state index contributed by atoms with van der Waals surface area (Å²) in [6.45, 7) is 0. The zero-order valence-electron chi connectivity index (χ0n) is 6.02. The van der Waals surface area contributed by atoms with Crippen LogP contribution in [0.15, 0.2) is 0 Å². The highest BCUT2D eigenvalue weighted by Gasteiger charge is 2.48. The van der Waals surface area contributed by atoms with Crippen LogP contribution in [0.25, 0.3) is 0 Å². The van der Waals surface area contributed by atoms with Crippen molar-refractivity contribution in [3.63, 3.8) is 0 Å². The predicted molar refractivity (Wildman–Crippen MR) is 27.8 cm³/mol. The summed E-state index contributed by atoms with van der Waals surface area (Å²) in [7, 11) is -5.77.